The fourth-order valence-electron chi connectivity index (χ4n) is 4.25. The Morgan fingerprint density at radius 3 is 2.47 bits per heavy atom. The Labute approximate surface area is 197 Å². The van der Waals surface area contributed by atoms with E-state index in [-0.39, 0.29) is 11.9 Å². The van der Waals surface area contributed by atoms with E-state index < -0.39 is 0 Å². The number of rotatable bonds is 4. The van der Waals surface area contributed by atoms with Crippen LogP contribution in [0, 0.1) is 6.92 Å². The number of benzene rings is 2. The van der Waals surface area contributed by atoms with E-state index in [4.69, 9.17) is 22.3 Å². The molecular weight excluding hydrogens is 436 g/mol. The number of carbonyl (C=O) groups excluding carboxylic acids is 1. The van der Waals surface area contributed by atoms with E-state index in [9.17, 15) is 4.79 Å². The van der Waals surface area contributed by atoms with Crippen LogP contribution < -0.4 is 0 Å². The van der Waals surface area contributed by atoms with E-state index in [0.29, 0.717) is 20.9 Å². The Balaban J connectivity index is 1.53. The molecule has 1 amide bonds. The molecule has 0 spiro atoms. The number of nitrogens with zero attached hydrogens (tertiary/aromatic N) is 4. The third-order valence-electron chi connectivity index (χ3n) is 5.97. The van der Waals surface area contributed by atoms with Gasteiger partial charge in [-0.3, -0.25) is 9.69 Å². The Morgan fingerprint density at radius 2 is 1.75 bits per heavy atom. The molecule has 2 heterocycles. The third kappa shape index (κ3) is 4.14. The molecule has 0 atom stereocenters. The molecule has 1 aromatic heterocycles. The number of hydrogen-bond acceptors (Lipinski definition) is 5. The van der Waals surface area contributed by atoms with E-state index >= 15 is 0 Å². The van der Waals surface area contributed by atoms with Gasteiger partial charge >= 0.3 is 0 Å². The lowest BCUT2D eigenvalue weighted by molar-refractivity contribution is -0.124. The summed E-state index contributed by atoms with van der Waals surface area (Å²) in [5, 5.41) is 4.77. The fourth-order valence-corrected chi connectivity index (χ4v) is 5.62. The van der Waals surface area contributed by atoms with E-state index in [1.54, 1.807) is 4.68 Å². The van der Waals surface area contributed by atoms with Gasteiger partial charge < -0.3 is 0 Å². The summed E-state index contributed by atoms with van der Waals surface area (Å²) in [7, 11) is 0. The summed E-state index contributed by atoms with van der Waals surface area (Å²) in [5.41, 5.74) is 3.02. The summed E-state index contributed by atoms with van der Waals surface area (Å²) in [4.78, 5) is 20.5. The van der Waals surface area contributed by atoms with Gasteiger partial charge in [0.1, 0.15) is 4.32 Å². The standard InChI is InChI=1S/C25H24N4OS2/c1-17-12-14-18(15-13-17)23-26-22(29(27-23)20-10-6-3-7-11-20)16-21-24(30)28(25(31)32-21)19-8-4-2-5-9-19/h3,6-7,10-16,19H,2,4-5,8-9H2,1H3. The van der Waals surface area contributed by atoms with Crippen molar-refractivity contribution in [2.24, 2.45) is 0 Å². The van der Waals surface area contributed by atoms with Gasteiger partial charge in [0.15, 0.2) is 11.6 Å². The van der Waals surface area contributed by atoms with Crippen LogP contribution in [0.25, 0.3) is 23.2 Å². The summed E-state index contributed by atoms with van der Waals surface area (Å²) in [6.45, 7) is 2.06. The minimum absolute atomic E-state index is 0.00797. The normalized spacial score (nSPS) is 18.7. The molecule has 32 heavy (non-hydrogen) atoms. The molecule has 7 heteroatoms. The Hall–Kier alpha value is -2.77. The summed E-state index contributed by atoms with van der Waals surface area (Å²) in [6, 6.07) is 18.2. The molecule has 0 radical (unpaired) electrons. The van der Waals surface area contributed by atoms with Crippen LogP contribution in [0.5, 0.6) is 0 Å². The van der Waals surface area contributed by atoms with Gasteiger partial charge in [0.05, 0.1) is 10.6 Å². The van der Waals surface area contributed by atoms with Crippen LogP contribution in [-0.4, -0.2) is 35.9 Å². The SMILES string of the molecule is Cc1ccc(-c2nc(C=C3SC(=S)N(C4CCCCC4)C3=O)n(-c3ccccc3)n2)cc1. The van der Waals surface area contributed by atoms with Gasteiger partial charge in [-0.15, -0.1) is 5.10 Å². The van der Waals surface area contributed by atoms with Crippen LogP contribution in [0.1, 0.15) is 43.5 Å². The predicted molar refractivity (Wildman–Crippen MR) is 133 cm³/mol. The molecule has 1 saturated carbocycles. The lowest BCUT2D eigenvalue weighted by Crippen LogP contribution is -2.39. The summed E-state index contributed by atoms with van der Waals surface area (Å²) >= 11 is 6.97. The molecule has 1 aliphatic carbocycles. The number of aryl methyl sites for hydroxylation is 1. The van der Waals surface area contributed by atoms with Gasteiger partial charge in [0.25, 0.3) is 5.91 Å². The average molecular weight is 461 g/mol. The molecule has 2 fully saturated rings. The molecule has 0 bridgehead atoms. The summed E-state index contributed by atoms with van der Waals surface area (Å²) in [5.74, 6) is 1.24. The van der Waals surface area contributed by atoms with Gasteiger partial charge in [-0.25, -0.2) is 9.67 Å². The first kappa shape index (κ1) is 21.1. The number of thioether (sulfide) groups is 1. The van der Waals surface area contributed by atoms with Crippen molar-refractivity contribution in [2.75, 3.05) is 0 Å². The van der Waals surface area contributed by atoms with Gasteiger partial charge in [0, 0.05) is 17.7 Å². The Kier molecular flexibility index (Phi) is 5.93. The van der Waals surface area contributed by atoms with Crippen LogP contribution in [0.4, 0.5) is 0 Å². The lowest BCUT2D eigenvalue weighted by atomic mass is 9.94. The first-order valence-corrected chi connectivity index (χ1v) is 12.2. The molecule has 0 unspecified atom stereocenters. The quantitative estimate of drug-likeness (QED) is 0.365. The predicted octanol–water partition coefficient (Wildman–Crippen LogP) is 5.78. The molecule has 1 saturated heterocycles. The van der Waals surface area contributed by atoms with Crippen molar-refractivity contribution in [3.8, 4) is 17.1 Å². The maximum absolute atomic E-state index is 13.3. The van der Waals surface area contributed by atoms with Crippen molar-refractivity contribution in [3.05, 3.63) is 70.9 Å². The van der Waals surface area contributed by atoms with Crippen molar-refractivity contribution in [2.45, 2.75) is 45.1 Å². The first-order valence-electron chi connectivity index (χ1n) is 11.0. The van der Waals surface area contributed by atoms with Crippen LogP contribution in [-0.2, 0) is 4.79 Å². The highest BCUT2D eigenvalue weighted by Crippen LogP contribution is 2.37. The largest absolute Gasteiger partial charge is 0.290 e. The monoisotopic (exact) mass is 460 g/mol. The zero-order chi connectivity index (χ0) is 22.1. The molecular formula is C25H24N4OS2. The van der Waals surface area contributed by atoms with Gasteiger partial charge in [-0.05, 0) is 31.9 Å². The van der Waals surface area contributed by atoms with Crippen molar-refractivity contribution in [1.82, 2.24) is 19.7 Å². The average Bonchev–Trinajstić information content (AvgIpc) is 3.36. The number of carbonyl (C=O) groups is 1. The number of amides is 1. The Bertz CT molecular complexity index is 1180. The zero-order valence-electron chi connectivity index (χ0n) is 17.9. The van der Waals surface area contributed by atoms with Gasteiger partial charge in [-0.1, -0.05) is 91.3 Å². The maximum Gasteiger partial charge on any atom is 0.266 e. The molecule has 5 rings (SSSR count). The topological polar surface area (TPSA) is 51.0 Å². The molecule has 162 valence electrons. The van der Waals surface area contributed by atoms with E-state index in [0.717, 1.165) is 36.9 Å². The maximum atomic E-state index is 13.3. The van der Waals surface area contributed by atoms with Crippen LogP contribution >= 0.6 is 24.0 Å². The highest BCUT2D eigenvalue weighted by molar-refractivity contribution is 8.26. The van der Waals surface area contributed by atoms with E-state index in [1.165, 1.54) is 23.7 Å². The summed E-state index contributed by atoms with van der Waals surface area (Å²) < 4.78 is 2.44. The minimum Gasteiger partial charge on any atom is -0.290 e. The summed E-state index contributed by atoms with van der Waals surface area (Å²) in [6.07, 6.45) is 7.43. The lowest BCUT2D eigenvalue weighted by Gasteiger charge is -2.29. The first-order chi connectivity index (χ1) is 15.6. The second-order valence-electron chi connectivity index (χ2n) is 8.25. The van der Waals surface area contributed by atoms with Crippen molar-refractivity contribution in [3.63, 3.8) is 0 Å². The highest BCUT2D eigenvalue weighted by atomic mass is 32.2. The third-order valence-corrected chi connectivity index (χ3v) is 7.30. The van der Waals surface area contributed by atoms with Gasteiger partial charge in [0.2, 0.25) is 0 Å². The van der Waals surface area contributed by atoms with E-state index in [1.807, 2.05) is 65.6 Å². The molecule has 2 aliphatic rings. The van der Waals surface area contributed by atoms with Crippen molar-refractivity contribution >= 4 is 40.3 Å². The molecule has 1 aliphatic heterocycles. The number of para-hydroxylation sites is 1. The second kappa shape index (κ2) is 9.00. The molecule has 0 N–H and O–H groups in total. The van der Waals surface area contributed by atoms with Crippen LogP contribution in [0.3, 0.4) is 0 Å². The number of thiocarbonyl (C=S) groups is 1. The molecule has 5 nitrogen and oxygen atoms in total. The molecule has 3 aromatic rings. The highest BCUT2D eigenvalue weighted by Gasteiger charge is 2.37. The van der Waals surface area contributed by atoms with Crippen molar-refractivity contribution < 1.29 is 4.79 Å². The second-order valence-corrected chi connectivity index (χ2v) is 9.93. The minimum atomic E-state index is -0.00797. The number of aromatic nitrogens is 3. The van der Waals surface area contributed by atoms with E-state index in [2.05, 4.69) is 6.92 Å². The van der Waals surface area contributed by atoms with Crippen LogP contribution in [0.2, 0.25) is 0 Å². The van der Waals surface area contributed by atoms with Crippen molar-refractivity contribution in [1.29, 1.82) is 0 Å². The number of hydrogen-bond donors (Lipinski definition) is 0. The van der Waals surface area contributed by atoms with Crippen LogP contribution in [0.15, 0.2) is 59.5 Å². The fraction of sp³-hybridized carbons (Fsp3) is 0.280. The van der Waals surface area contributed by atoms with Gasteiger partial charge in [-0.2, -0.15) is 0 Å². The smallest absolute Gasteiger partial charge is 0.266 e. The Morgan fingerprint density at radius 1 is 1.03 bits per heavy atom. The zero-order valence-corrected chi connectivity index (χ0v) is 19.5. The molecule has 2 aromatic carbocycles.